The lowest BCUT2D eigenvalue weighted by molar-refractivity contribution is 0.243. The smallest absolute Gasteiger partial charge is 0.319 e. The van der Waals surface area contributed by atoms with Crippen LogP contribution >= 0.6 is 19.9 Å². The van der Waals surface area contributed by atoms with Gasteiger partial charge in [-0.25, -0.2) is 0 Å². The van der Waals surface area contributed by atoms with Gasteiger partial charge in [-0.15, -0.1) is 0 Å². The Morgan fingerprint density at radius 3 is 1.77 bits per heavy atom. The molecule has 0 aromatic heterocycles. The monoisotopic (exact) mass is 234 g/mol. The summed E-state index contributed by atoms with van der Waals surface area (Å²) in [5.41, 5.74) is 1.22. The molecule has 84 valence electrons. The Labute approximate surface area is 86.1 Å². The summed E-state index contributed by atoms with van der Waals surface area (Å²) in [5, 5.41) is 0. The van der Waals surface area contributed by atoms with Crippen LogP contribution in [0.1, 0.15) is 21.3 Å². The molecule has 0 heterocycles. The van der Waals surface area contributed by atoms with Crippen LogP contribution in [0.5, 0.6) is 0 Å². The van der Waals surface area contributed by atoms with Gasteiger partial charge in [0.05, 0.1) is 13.2 Å². The minimum Gasteiger partial charge on any atom is -0.412 e. The van der Waals surface area contributed by atoms with Crippen LogP contribution in [0.2, 0.25) is 0 Å². The molecule has 0 spiro atoms. The van der Waals surface area contributed by atoms with Gasteiger partial charge in [0.25, 0.3) is 0 Å². The molecule has 0 radical (unpaired) electrons. The first-order valence-corrected chi connectivity index (χ1v) is 4.89. The molecule has 0 aromatic rings. The maximum absolute atomic E-state index is 10.4. The molecule has 0 aromatic carbocycles. The van der Waals surface area contributed by atoms with E-state index >= 15 is 0 Å². The van der Waals surface area contributed by atoms with Gasteiger partial charge in [-0.05, 0) is 19.4 Å². The third kappa shape index (κ3) is 33.1. The second-order valence-electron chi connectivity index (χ2n) is 1.27. The Morgan fingerprint density at radius 1 is 1.38 bits per heavy atom. The van der Waals surface area contributed by atoms with Crippen molar-refractivity contribution in [2.45, 2.75) is 21.3 Å². The number of halogens is 1. The van der Waals surface area contributed by atoms with Crippen molar-refractivity contribution >= 4 is 19.9 Å². The molecule has 0 unspecified atom stereocenters. The Bertz CT molecular complexity index is 103. The van der Waals surface area contributed by atoms with E-state index in [0.717, 1.165) is 0 Å². The quantitative estimate of drug-likeness (QED) is 0.703. The summed E-state index contributed by atoms with van der Waals surface area (Å²) in [6.07, 6.45) is 0. The minimum absolute atomic E-state index is 0. The summed E-state index contributed by atoms with van der Waals surface area (Å²) < 4.78 is 19.6. The lowest BCUT2D eigenvalue weighted by Crippen LogP contribution is -1.81. The summed E-state index contributed by atoms with van der Waals surface area (Å²) in [6, 6.07) is 0. The lowest BCUT2D eigenvalue weighted by atomic mass is 10.9. The van der Waals surface area contributed by atoms with Crippen molar-refractivity contribution in [2.75, 3.05) is 13.2 Å². The fraction of sp³-hybridized carbons (Fsp3) is 0.714. The third-order valence-corrected chi connectivity index (χ3v) is 1.57. The van der Waals surface area contributed by atoms with Crippen LogP contribution in [-0.2, 0) is 13.6 Å². The fourth-order valence-electron chi connectivity index (χ4n) is 0.277. The van der Waals surface area contributed by atoms with E-state index in [1.807, 2.05) is 0 Å². The van der Waals surface area contributed by atoms with Crippen LogP contribution in [0.4, 0.5) is 0 Å². The predicted octanol–water partition coefficient (Wildman–Crippen LogP) is 2.63. The third-order valence-electron chi connectivity index (χ3n) is 0.524. The molecule has 0 aliphatic rings. The van der Waals surface area contributed by atoms with Crippen molar-refractivity contribution in [3.8, 4) is 0 Å². The zero-order chi connectivity index (χ0) is 9.11. The number of hydrogen-bond acceptors (Lipinski definition) is 3. The van der Waals surface area contributed by atoms with Crippen molar-refractivity contribution < 1.29 is 19.1 Å². The van der Waals surface area contributed by atoms with Crippen LogP contribution in [-0.4, -0.2) is 18.7 Å². The van der Waals surface area contributed by atoms with Gasteiger partial charge in [0.2, 0.25) is 0 Å². The molecular weight excluding hydrogens is 214 g/mol. The highest BCUT2D eigenvalue weighted by molar-refractivity contribution is 7.33. The molecule has 0 aliphatic carbocycles. The molecule has 6 heteroatoms. The molecule has 4 nitrogen and oxygen atoms in total. The normalized spacial score (nSPS) is 7.38. The van der Waals surface area contributed by atoms with E-state index in [-0.39, 0.29) is 12.9 Å². The van der Waals surface area contributed by atoms with Crippen LogP contribution < -0.4 is 0 Å². The Hall–Kier alpha value is 0.140. The second kappa shape index (κ2) is 22.7. The molecule has 2 N–H and O–H groups in total. The average molecular weight is 235 g/mol. The Kier molecular flexibility index (Phi) is 40.5. The SMILES string of the molecule is C.C=CCl.CCO[PH](=O)OCC.O. The van der Waals surface area contributed by atoms with Crippen molar-refractivity contribution in [3.63, 3.8) is 0 Å². The van der Waals surface area contributed by atoms with Gasteiger partial charge in [0.1, 0.15) is 0 Å². The van der Waals surface area contributed by atoms with Gasteiger partial charge in [0.15, 0.2) is 0 Å². The average Bonchev–Trinajstić information content (AvgIpc) is 1.90. The minimum atomic E-state index is -2.14. The molecule has 13 heavy (non-hydrogen) atoms. The number of rotatable bonds is 4. The predicted molar refractivity (Wildman–Crippen MR) is 58.6 cm³/mol. The highest BCUT2D eigenvalue weighted by atomic mass is 35.5. The zero-order valence-corrected chi connectivity index (χ0v) is 9.06. The van der Waals surface area contributed by atoms with Gasteiger partial charge in [-0.1, -0.05) is 25.6 Å². The Morgan fingerprint density at radius 2 is 1.62 bits per heavy atom. The van der Waals surface area contributed by atoms with Crippen molar-refractivity contribution in [1.29, 1.82) is 0 Å². The van der Waals surface area contributed by atoms with E-state index in [2.05, 4.69) is 15.6 Å². The molecule has 0 saturated heterocycles. The first kappa shape index (κ1) is 23.2. The van der Waals surface area contributed by atoms with Crippen molar-refractivity contribution in [2.24, 2.45) is 0 Å². The Balaban J connectivity index is -0.0000000720. The van der Waals surface area contributed by atoms with Crippen molar-refractivity contribution in [1.82, 2.24) is 0 Å². The van der Waals surface area contributed by atoms with Gasteiger partial charge in [0, 0.05) is 0 Å². The second-order valence-corrected chi connectivity index (χ2v) is 2.66. The first-order valence-electron chi connectivity index (χ1n) is 3.23. The van der Waals surface area contributed by atoms with E-state index < -0.39 is 8.25 Å². The van der Waals surface area contributed by atoms with Crippen LogP contribution in [0.3, 0.4) is 0 Å². The van der Waals surface area contributed by atoms with E-state index in [4.69, 9.17) is 11.6 Å². The molecule has 0 saturated carbocycles. The summed E-state index contributed by atoms with van der Waals surface area (Å²) in [7, 11) is -2.14. The summed E-state index contributed by atoms with van der Waals surface area (Å²) in [4.78, 5) is 0. The molecule has 0 atom stereocenters. The van der Waals surface area contributed by atoms with Gasteiger partial charge in [-0.2, -0.15) is 0 Å². The first-order chi connectivity index (χ1) is 5.22. The van der Waals surface area contributed by atoms with Gasteiger partial charge in [-0.3, -0.25) is 4.57 Å². The topological polar surface area (TPSA) is 67.0 Å². The molecule has 0 bridgehead atoms. The molecule has 0 rings (SSSR count). The summed E-state index contributed by atoms with van der Waals surface area (Å²) in [6.45, 7) is 7.60. The van der Waals surface area contributed by atoms with Crippen LogP contribution in [0, 0.1) is 0 Å². The van der Waals surface area contributed by atoms with Crippen LogP contribution in [0.25, 0.3) is 0 Å². The molecular formula is C7H20ClO4P. The van der Waals surface area contributed by atoms with Crippen LogP contribution in [0.15, 0.2) is 12.1 Å². The van der Waals surface area contributed by atoms with Crippen molar-refractivity contribution in [3.05, 3.63) is 12.1 Å². The zero-order valence-electron chi connectivity index (χ0n) is 7.30. The van der Waals surface area contributed by atoms with E-state index in [9.17, 15) is 4.57 Å². The maximum atomic E-state index is 10.4. The molecule has 0 amide bonds. The highest BCUT2D eigenvalue weighted by Crippen LogP contribution is 2.21. The summed E-state index contributed by atoms with van der Waals surface area (Å²) in [5.74, 6) is 0. The van der Waals surface area contributed by atoms with E-state index in [1.165, 1.54) is 5.54 Å². The summed E-state index contributed by atoms with van der Waals surface area (Å²) >= 11 is 4.76. The largest absolute Gasteiger partial charge is 0.412 e. The maximum Gasteiger partial charge on any atom is 0.319 e. The molecule has 0 aliphatic heterocycles. The van der Waals surface area contributed by atoms with E-state index in [1.54, 1.807) is 13.8 Å². The lowest BCUT2D eigenvalue weighted by Gasteiger charge is -1.97. The number of hydrogen-bond donors (Lipinski definition) is 0. The van der Waals surface area contributed by atoms with E-state index in [0.29, 0.717) is 13.2 Å². The molecule has 0 fully saturated rings. The highest BCUT2D eigenvalue weighted by Gasteiger charge is 1.91. The fourth-order valence-corrected chi connectivity index (χ4v) is 0.832. The van der Waals surface area contributed by atoms with Gasteiger partial charge >= 0.3 is 8.25 Å². The standard InChI is InChI=1S/C4H11O3P.C2H3Cl.CH4.H2O/c1-3-6-8(5)7-4-2;1-2-3;;/h8H,3-4H2,1-2H3;2H,1H2;1H4;1H2. The van der Waals surface area contributed by atoms with Gasteiger partial charge < -0.3 is 14.5 Å².